The molecule has 524 valence electrons. The van der Waals surface area contributed by atoms with Crippen molar-refractivity contribution in [3.63, 3.8) is 0 Å². The molecule has 87 heavy (non-hydrogen) atoms. The molecular formula is C62H126O25. The van der Waals surface area contributed by atoms with Gasteiger partial charge in [-0.15, -0.1) is 0 Å². The van der Waals surface area contributed by atoms with Crippen molar-refractivity contribution in [1.29, 1.82) is 0 Å². The number of hydrogen-bond acceptors (Lipinski definition) is 25. The van der Waals surface area contributed by atoms with Gasteiger partial charge in [0, 0.05) is 6.61 Å². The Hall–Kier alpha value is -1.00. The topological polar surface area (TPSA) is 242 Å². The fraction of sp³-hybridized carbons (Fsp3) is 1.00. The molecule has 0 aliphatic heterocycles. The highest BCUT2D eigenvalue weighted by Crippen LogP contribution is 2.12. The Balaban J connectivity index is 3.08. The fourth-order valence-electron chi connectivity index (χ4n) is 7.27. The molecule has 1 N–H and O–H groups in total. The first kappa shape index (κ1) is 86.0. The van der Waals surface area contributed by atoms with E-state index in [-0.39, 0.29) is 6.61 Å². The minimum Gasteiger partial charge on any atom is -0.394 e. The second-order valence-electron chi connectivity index (χ2n) is 19.3. The molecule has 0 aromatic carbocycles. The van der Waals surface area contributed by atoms with E-state index in [9.17, 15) is 0 Å². The lowest BCUT2D eigenvalue weighted by Gasteiger charge is -2.09. The van der Waals surface area contributed by atoms with Gasteiger partial charge < -0.3 is 119 Å². The van der Waals surface area contributed by atoms with Crippen molar-refractivity contribution in [2.24, 2.45) is 0 Å². The van der Waals surface area contributed by atoms with Gasteiger partial charge in [-0.25, -0.2) is 0 Å². The third-order valence-electron chi connectivity index (χ3n) is 11.9. The molecule has 0 aromatic heterocycles. The summed E-state index contributed by atoms with van der Waals surface area (Å²) in [4.78, 5) is 0. The van der Waals surface area contributed by atoms with E-state index in [1.807, 2.05) is 0 Å². The summed E-state index contributed by atoms with van der Waals surface area (Å²) in [5.74, 6) is 0. The Morgan fingerprint density at radius 2 is 0.230 bits per heavy atom. The third kappa shape index (κ3) is 85.0. The van der Waals surface area contributed by atoms with Crippen LogP contribution in [0.5, 0.6) is 0 Å². The van der Waals surface area contributed by atoms with Crippen molar-refractivity contribution < 1.29 is 119 Å². The molecule has 0 rings (SSSR count). The number of aliphatic hydroxyl groups excluding tert-OH is 1. The maximum Gasteiger partial charge on any atom is 0.0701 e. The predicted octanol–water partition coefficient (Wildman–Crippen LogP) is 5.08. The Morgan fingerprint density at radius 3 is 0.356 bits per heavy atom. The number of aliphatic hydroxyl groups is 1. The Morgan fingerprint density at radius 1 is 0.126 bits per heavy atom. The molecule has 0 amide bonds. The average Bonchev–Trinajstić information content (AvgIpc) is 3.53. The lowest BCUT2D eigenvalue weighted by molar-refractivity contribution is -0.0320. The zero-order chi connectivity index (χ0) is 62.1. The number of hydrogen-bond donors (Lipinski definition) is 1. The van der Waals surface area contributed by atoms with Crippen molar-refractivity contribution in [2.45, 2.75) is 84.0 Å². The van der Waals surface area contributed by atoms with E-state index in [0.717, 1.165) is 13.0 Å². The molecule has 0 aliphatic carbocycles. The van der Waals surface area contributed by atoms with Crippen LogP contribution in [0, 0.1) is 0 Å². The van der Waals surface area contributed by atoms with Crippen LogP contribution in [0.2, 0.25) is 0 Å². The summed E-state index contributed by atoms with van der Waals surface area (Å²) in [5, 5.41) is 8.62. The number of unbranched alkanes of at least 4 members (excludes halogenated alkanes) is 11. The second kappa shape index (κ2) is 85.0. The summed E-state index contributed by atoms with van der Waals surface area (Å²) in [5.41, 5.74) is 0. The first-order valence-corrected chi connectivity index (χ1v) is 32.9. The van der Waals surface area contributed by atoms with Gasteiger partial charge in [-0.2, -0.15) is 0 Å². The highest BCUT2D eigenvalue weighted by Gasteiger charge is 2.01. The van der Waals surface area contributed by atoms with Crippen LogP contribution >= 0.6 is 0 Å². The summed E-state index contributed by atoms with van der Waals surface area (Å²) < 4.78 is 132. The zero-order valence-corrected chi connectivity index (χ0v) is 54.4. The minimum absolute atomic E-state index is 0.0185. The molecular weight excluding hydrogens is 1140 g/mol. The Labute approximate surface area is 525 Å². The molecule has 0 aromatic rings. The first-order chi connectivity index (χ1) is 43.4. The molecule has 25 heteroatoms. The van der Waals surface area contributed by atoms with E-state index in [0.29, 0.717) is 311 Å². The molecule has 0 fully saturated rings. The maximum atomic E-state index is 8.62. The molecule has 0 unspecified atom stereocenters. The highest BCUT2D eigenvalue weighted by atomic mass is 16.6. The summed E-state index contributed by atoms with van der Waals surface area (Å²) in [6.45, 7) is 26.5. The molecule has 0 heterocycles. The van der Waals surface area contributed by atoms with E-state index in [1.165, 1.54) is 70.6 Å². The van der Waals surface area contributed by atoms with Crippen molar-refractivity contribution in [1.82, 2.24) is 0 Å². The van der Waals surface area contributed by atoms with E-state index < -0.39 is 0 Å². The SMILES string of the molecule is CCCCCCCCCCCCCCOCCOCCOCCOCCOCCOCCOCCOCCOCCOCCOCCOCCOCCOCCOCCOCCOCCOCCOCCOCCOCCOCCOCCOCCO. The van der Waals surface area contributed by atoms with Gasteiger partial charge in [-0.1, -0.05) is 77.6 Å². The van der Waals surface area contributed by atoms with Crippen LogP contribution in [0.15, 0.2) is 0 Å². The predicted molar refractivity (Wildman–Crippen MR) is 328 cm³/mol. The largest absolute Gasteiger partial charge is 0.394 e. The van der Waals surface area contributed by atoms with Crippen LogP contribution in [0.3, 0.4) is 0 Å². The fourth-order valence-corrected chi connectivity index (χ4v) is 7.27. The normalized spacial score (nSPS) is 11.8. The minimum atomic E-state index is 0.0185. The van der Waals surface area contributed by atoms with Crippen LogP contribution in [-0.4, -0.2) is 329 Å². The van der Waals surface area contributed by atoms with Gasteiger partial charge in [-0.3, -0.25) is 0 Å². The summed E-state index contributed by atoms with van der Waals surface area (Å²) in [7, 11) is 0. The van der Waals surface area contributed by atoms with Gasteiger partial charge in [0.05, 0.1) is 317 Å². The molecule has 0 atom stereocenters. The van der Waals surface area contributed by atoms with Gasteiger partial charge in [0.2, 0.25) is 0 Å². The van der Waals surface area contributed by atoms with Crippen molar-refractivity contribution in [2.75, 3.05) is 324 Å². The molecule has 0 radical (unpaired) electrons. The van der Waals surface area contributed by atoms with Crippen LogP contribution in [0.25, 0.3) is 0 Å². The maximum absolute atomic E-state index is 8.62. The summed E-state index contributed by atoms with van der Waals surface area (Å²) >= 11 is 0. The van der Waals surface area contributed by atoms with Crippen LogP contribution in [-0.2, 0) is 114 Å². The number of ether oxygens (including phenoxy) is 24. The van der Waals surface area contributed by atoms with Crippen molar-refractivity contribution in [3.05, 3.63) is 0 Å². The summed E-state index contributed by atoms with van der Waals surface area (Å²) in [6, 6.07) is 0. The van der Waals surface area contributed by atoms with Crippen molar-refractivity contribution >= 4 is 0 Å². The van der Waals surface area contributed by atoms with Gasteiger partial charge in [0.1, 0.15) is 0 Å². The average molecular weight is 1270 g/mol. The van der Waals surface area contributed by atoms with Gasteiger partial charge in [-0.05, 0) is 6.42 Å². The molecule has 0 saturated heterocycles. The van der Waals surface area contributed by atoms with Crippen LogP contribution in [0.4, 0.5) is 0 Å². The molecule has 0 spiro atoms. The lowest BCUT2D eigenvalue weighted by atomic mass is 10.1. The second-order valence-corrected chi connectivity index (χ2v) is 19.3. The quantitative estimate of drug-likeness (QED) is 0.0781. The van der Waals surface area contributed by atoms with Gasteiger partial charge >= 0.3 is 0 Å². The standard InChI is InChI=1S/C62H126O25/c1-2-3-4-5-6-7-8-9-10-11-12-13-15-64-17-19-66-21-23-68-25-27-70-29-31-72-33-35-74-37-39-76-41-43-78-45-47-80-49-51-82-53-55-84-57-59-86-61-62-87-60-58-85-56-54-83-52-50-81-48-46-79-44-42-77-40-38-75-36-34-73-32-30-71-28-26-69-24-22-67-20-18-65-16-14-63/h63H,2-62H2,1H3. The van der Waals surface area contributed by atoms with Crippen LogP contribution < -0.4 is 0 Å². The first-order valence-electron chi connectivity index (χ1n) is 32.9. The lowest BCUT2D eigenvalue weighted by Crippen LogP contribution is -2.16. The van der Waals surface area contributed by atoms with Crippen molar-refractivity contribution in [3.8, 4) is 0 Å². The van der Waals surface area contributed by atoms with E-state index in [2.05, 4.69) is 6.92 Å². The van der Waals surface area contributed by atoms with E-state index in [4.69, 9.17) is 119 Å². The molecule has 0 bridgehead atoms. The van der Waals surface area contributed by atoms with Gasteiger partial charge in [0.25, 0.3) is 0 Å². The number of rotatable bonds is 84. The molecule has 25 nitrogen and oxygen atoms in total. The highest BCUT2D eigenvalue weighted by molar-refractivity contribution is 4.49. The Kier molecular flexibility index (Phi) is 84.0. The Bertz CT molecular complexity index is 1080. The smallest absolute Gasteiger partial charge is 0.0701 e. The monoisotopic (exact) mass is 1270 g/mol. The van der Waals surface area contributed by atoms with E-state index >= 15 is 0 Å². The molecule has 0 aliphatic rings. The summed E-state index contributed by atoms with van der Waals surface area (Å²) in [6.07, 6.45) is 16.2. The van der Waals surface area contributed by atoms with Crippen LogP contribution in [0.1, 0.15) is 84.0 Å². The molecule has 0 saturated carbocycles. The van der Waals surface area contributed by atoms with Gasteiger partial charge in [0.15, 0.2) is 0 Å². The third-order valence-corrected chi connectivity index (χ3v) is 11.9. The zero-order valence-electron chi connectivity index (χ0n) is 54.4. The van der Waals surface area contributed by atoms with E-state index in [1.54, 1.807) is 0 Å².